The van der Waals surface area contributed by atoms with Crippen LogP contribution < -0.4 is 5.32 Å². The van der Waals surface area contributed by atoms with E-state index in [9.17, 15) is 9.59 Å². The molecule has 1 aromatic carbocycles. The van der Waals surface area contributed by atoms with Crippen LogP contribution in [0.4, 0.5) is 5.69 Å². The Labute approximate surface area is 130 Å². The zero-order chi connectivity index (χ0) is 16.2. The van der Waals surface area contributed by atoms with Gasteiger partial charge >= 0.3 is 5.97 Å². The van der Waals surface area contributed by atoms with Crippen molar-refractivity contribution >= 4 is 29.2 Å². The van der Waals surface area contributed by atoms with Gasteiger partial charge < -0.3 is 10.1 Å². The molecule has 4 nitrogen and oxygen atoms in total. The highest BCUT2D eigenvalue weighted by molar-refractivity contribution is 6.33. The molecule has 1 rings (SSSR count). The molecule has 116 valence electrons. The van der Waals surface area contributed by atoms with E-state index in [0.717, 1.165) is 5.56 Å². The molecule has 0 aliphatic rings. The van der Waals surface area contributed by atoms with Crippen molar-refractivity contribution < 1.29 is 14.3 Å². The van der Waals surface area contributed by atoms with Gasteiger partial charge in [0.05, 0.1) is 17.3 Å². The molecule has 1 N–H and O–H groups in total. The van der Waals surface area contributed by atoms with E-state index >= 15 is 0 Å². The minimum absolute atomic E-state index is 0.240. The van der Waals surface area contributed by atoms with Gasteiger partial charge in [-0.15, -0.1) is 0 Å². The lowest BCUT2D eigenvalue weighted by atomic mass is 9.80. The van der Waals surface area contributed by atoms with Gasteiger partial charge in [-0.3, -0.25) is 9.59 Å². The fraction of sp³-hybridized carbons (Fsp3) is 0.500. The lowest BCUT2D eigenvalue weighted by Crippen LogP contribution is -2.40. The van der Waals surface area contributed by atoms with Gasteiger partial charge in [0, 0.05) is 0 Å². The van der Waals surface area contributed by atoms with Gasteiger partial charge in [0.25, 0.3) is 0 Å². The zero-order valence-corrected chi connectivity index (χ0v) is 13.9. The van der Waals surface area contributed by atoms with Gasteiger partial charge in [-0.1, -0.05) is 38.4 Å². The molecular weight excluding hydrogens is 290 g/mol. The van der Waals surface area contributed by atoms with Crippen LogP contribution >= 0.6 is 11.6 Å². The van der Waals surface area contributed by atoms with Crippen LogP contribution in [0.2, 0.25) is 5.02 Å². The Hall–Kier alpha value is -1.55. The summed E-state index contributed by atoms with van der Waals surface area (Å²) in [7, 11) is 0. The minimum Gasteiger partial charge on any atom is -0.465 e. The fourth-order valence-corrected chi connectivity index (χ4v) is 2.29. The average Bonchev–Trinajstić information content (AvgIpc) is 2.31. The summed E-state index contributed by atoms with van der Waals surface area (Å²) in [5.41, 5.74) is 0.939. The van der Waals surface area contributed by atoms with Crippen LogP contribution in [-0.2, 0) is 14.3 Å². The summed E-state index contributed by atoms with van der Waals surface area (Å²) < 4.78 is 5.01. The summed E-state index contributed by atoms with van der Waals surface area (Å²) in [6.45, 7) is 9.34. The average molecular weight is 312 g/mol. The molecule has 0 heterocycles. The molecule has 1 aromatic rings. The number of amides is 1. The molecule has 0 saturated carbocycles. The van der Waals surface area contributed by atoms with E-state index in [4.69, 9.17) is 16.3 Å². The lowest BCUT2D eigenvalue weighted by Gasteiger charge is -2.27. The highest BCUT2D eigenvalue weighted by Gasteiger charge is 2.39. The second kappa shape index (κ2) is 6.94. The number of carbonyl (C=O) groups excluding carboxylic acids is 2. The first kappa shape index (κ1) is 17.5. The topological polar surface area (TPSA) is 55.4 Å². The van der Waals surface area contributed by atoms with Crippen molar-refractivity contribution in [2.75, 3.05) is 11.9 Å². The van der Waals surface area contributed by atoms with Crippen molar-refractivity contribution in [1.82, 2.24) is 0 Å². The van der Waals surface area contributed by atoms with Gasteiger partial charge in [-0.05, 0) is 37.0 Å². The van der Waals surface area contributed by atoms with E-state index in [1.54, 1.807) is 19.1 Å². The van der Waals surface area contributed by atoms with Crippen LogP contribution in [0.1, 0.15) is 33.3 Å². The molecule has 0 radical (unpaired) electrons. The minimum atomic E-state index is -0.894. The number of halogens is 1. The Bertz CT molecular complexity index is 535. The maximum Gasteiger partial charge on any atom is 0.319 e. The molecule has 0 saturated heterocycles. The highest BCUT2D eigenvalue weighted by atomic mass is 35.5. The first-order valence-electron chi connectivity index (χ1n) is 6.90. The summed E-state index contributed by atoms with van der Waals surface area (Å²) in [5, 5.41) is 3.16. The van der Waals surface area contributed by atoms with Crippen LogP contribution in [0.25, 0.3) is 0 Å². The third-order valence-corrected chi connectivity index (χ3v) is 3.35. The first-order chi connectivity index (χ1) is 9.66. The van der Waals surface area contributed by atoms with Crippen LogP contribution in [0.5, 0.6) is 0 Å². The quantitative estimate of drug-likeness (QED) is 0.679. The second-order valence-corrected chi connectivity index (χ2v) is 6.43. The van der Waals surface area contributed by atoms with E-state index in [-0.39, 0.29) is 6.61 Å². The smallest absolute Gasteiger partial charge is 0.319 e. The maximum absolute atomic E-state index is 12.4. The number of esters is 1. The maximum atomic E-state index is 12.4. The second-order valence-electron chi connectivity index (χ2n) is 6.02. The van der Waals surface area contributed by atoms with Crippen molar-refractivity contribution in [2.24, 2.45) is 11.3 Å². The largest absolute Gasteiger partial charge is 0.465 e. The molecule has 0 spiro atoms. The number of benzene rings is 1. The number of ether oxygens (including phenoxy) is 1. The summed E-state index contributed by atoms with van der Waals surface area (Å²) in [5.74, 6) is -1.83. The molecule has 0 bridgehead atoms. The molecule has 21 heavy (non-hydrogen) atoms. The summed E-state index contributed by atoms with van der Waals surface area (Å²) >= 11 is 6.10. The van der Waals surface area contributed by atoms with Crippen LogP contribution in [0.15, 0.2) is 18.2 Å². The normalized spacial score (nSPS) is 12.7. The number of anilines is 1. The van der Waals surface area contributed by atoms with Gasteiger partial charge in [-0.2, -0.15) is 0 Å². The number of carbonyl (C=O) groups is 2. The van der Waals surface area contributed by atoms with E-state index in [0.29, 0.717) is 10.7 Å². The first-order valence-corrected chi connectivity index (χ1v) is 7.28. The predicted molar refractivity (Wildman–Crippen MR) is 84.4 cm³/mol. The molecule has 5 heteroatoms. The Morgan fingerprint density at radius 1 is 1.33 bits per heavy atom. The molecule has 1 amide bonds. The Balaban J connectivity index is 2.99. The number of hydrogen-bond donors (Lipinski definition) is 1. The van der Waals surface area contributed by atoms with E-state index in [1.165, 1.54) is 0 Å². The molecule has 0 aromatic heterocycles. The van der Waals surface area contributed by atoms with Crippen molar-refractivity contribution in [2.45, 2.75) is 34.6 Å². The summed E-state index contributed by atoms with van der Waals surface area (Å²) in [4.78, 5) is 24.5. The van der Waals surface area contributed by atoms with E-state index < -0.39 is 23.2 Å². The monoisotopic (exact) mass is 311 g/mol. The number of aryl methyl sites for hydroxylation is 1. The molecule has 1 unspecified atom stereocenters. The van der Waals surface area contributed by atoms with Crippen LogP contribution in [0, 0.1) is 18.3 Å². The van der Waals surface area contributed by atoms with Gasteiger partial charge in [0.2, 0.25) is 5.91 Å². The lowest BCUT2D eigenvalue weighted by molar-refractivity contribution is -0.155. The summed E-state index contributed by atoms with van der Waals surface area (Å²) in [6, 6.07) is 5.33. The van der Waals surface area contributed by atoms with Gasteiger partial charge in [0.1, 0.15) is 5.92 Å². The zero-order valence-electron chi connectivity index (χ0n) is 13.1. The molecule has 0 fully saturated rings. The fourth-order valence-electron chi connectivity index (χ4n) is 2.01. The van der Waals surface area contributed by atoms with Crippen LogP contribution in [0.3, 0.4) is 0 Å². The van der Waals surface area contributed by atoms with E-state index in [1.807, 2.05) is 33.8 Å². The Kier molecular flexibility index (Phi) is 5.78. The Morgan fingerprint density at radius 2 is 1.95 bits per heavy atom. The van der Waals surface area contributed by atoms with Crippen molar-refractivity contribution in [3.8, 4) is 0 Å². The third kappa shape index (κ3) is 4.74. The number of hydrogen-bond acceptors (Lipinski definition) is 3. The molecular formula is C16H22ClNO3. The summed E-state index contributed by atoms with van der Waals surface area (Å²) in [6.07, 6.45) is 0. The standard InChI is InChI=1S/C16H22ClNO3/c1-6-21-15(20)13(16(3,4)5)14(19)18-12-8-7-10(2)9-11(12)17/h7-9,13H,6H2,1-5H3,(H,18,19). The molecule has 0 aliphatic heterocycles. The van der Waals surface area contributed by atoms with Crippen molar-refractivity contribution in [1.29, 1.82) is 0 Å². The molecule has 0 aliphatic carbocycles. The van der Waals surface area contributed by atoms with Crippen molar-refractivity contribution in [3.63, 3.8) is 0 Å². The highest BCUT2D eigenvalue weighted by Crippen LogP contribution is 2.30. The van der Waals surface area contributed by atoms with E-state index in [2.05, 4.69) is 5.32 Å². The third-order valence-electron chi connectivity index (χ3n) is 3.03. The predicted octanol–water partition coefficient (Wildman–Crippen LogP) is 3.81. The number of rotatable bonds is 4. The molecule has 1 atom stereocenters. The SMILES string of the molecule is CCOC(=O)C(C(=O)Nc1ccc(C)cc1Cl)C(C)(C)C. The van der Waals surface area contributed by atoms with Gasteiger partial charge in [0.15, 0.2) is 0 Å². The Morgan fingerprint density at radius 3 is 2.43 bits per heavy atom. The van der Waals surface area contributed by atoms with Crippen molar-refractivity contribution in [3.05, 3.63) is 28.8 Å². The van der Waals surface area contributed by atoms with Gasteiger partial charge in [-0.25, -0.2) is 0 Å². The van der Waals surface area contributed by atoms with Crippen LogP contribution in [-0.4, -0.2) is 18.5 Å². The number of nitrogens with one attached hydrogen (secondary N) is 1.